The Morgan fingerprint density at radius 2 is 2.12 bits per heavy atom. The van der Waals surface area contributed by atoms with Crippen LogP contribution in [0, 0.1) is 5.82 Å². The highest BCUT2D eigenvalue weighted by Crippen LogP contribution is 2.21. The molecule has 0 saturated carbocycles. The van der Waals surface area contributed by atoms with Crippen molar-refractivity contribution in [1.29, 1.82) is 0 Å². The molecule has 0 heterocycles. The molecule has 0 aliphatic carbocycles. The predicted octanol–water partition coefficient (Wildman–Crippen LogP) is 1.11. The summed E-state index contributed by atoms with van der Waals surface area (Å²) in [5, 5.41) is 22.1. The standard InChI is InChI=1S/C9H11FN4O2/c10-6-1-5(2-7(11)3-6)9(16)8(15)4-13-14-12/h1-3,8-9,15-16H,4,11H2. The molecule has 86 valence electrons. The van der Waals surface area contributed by atoms with Gasteiger partial charge in [0.1, 0.15) is 11.9 Å². The molecule has 0 bridgehead atoms. The predicted molar refractivity (Wildman–Crippen MR) is 55.8 cm³/mol. The van der Waals surface area contributed by atoms with Crippen LogP contribution in [-0.2, 0) is 0 Å². The van der Waals surface area contributed by atoms with Crippen molar-refractivity contribution < 1.29 is 14.6 Å². The molecule has 1 aromatic rings. The SMILES string of the molecule is [N-]=[N+]=NCC(O)C(O)c1cc(N)cc(F)c1. The molecule has 2 unspecified atom stereocenters. The first kappa shape index (κ1) is 12.3. The molecule has 0 radical (unpaired) electrons. The molecule has 0 fully saturated rings. The molecule has 4 N–H and O–H groups in total. The van der Waals surface area contributed by atoms with E-state index in [-0.39, 0.29) is 17.8 Å². The summed E-state index contributed by atoms with van der Waals surface area (Å²) in [6.07, 6.45) is -2.64. The Balaban J connectivity index is 2.86. The van der Waals surface area contributed by atoms with Crippen molar-refractivity contribution in [3.63, 3.8) is 0 Å². The van der Waals surface area contributed by atoms with Gasteiger partial charge in [0.2, 0.25) is 0 Å². The van der Waals surface area contributed by atoms with E-state index in [4.69, 9.17) is 11.3 Å². The van der Waals surface area contributed by atoms with Gasteiger partial charge in [-0.25, -0.2) is 4.39 Å². The third-order valence-corrected chi connectivity index (χ3v) is 1.98. The molecular formula is C9H11FN4O2. The van der Waals surface area contributed by atoms with Crippen LogP contribution in [0.2, 0.25) is 0 Å². The third kappa shape index (κ3) is 3.09. The molecule has 0 spiro atoms. The molecule has 1 aromatic carbocycles. The number of nitrogens with two attached hydrogens (primary N) is 1. The van der Waals surface area contributed by atoms with Crippen LogP contribution >= 0.6 is 0 Å². The van der Waals surface area contributed by atoms with Gasteiger partial charge in [-0.15, -0.1) is 0 Å². The van der Waals surface area contributed by atoms with Crippen LogP contribution in [0.25, 0.3) is 10.4 Å². The highest BCUT2D eigenvalue weighted by molar-refractivity contribution is 5.42. The third-order valence-electron chi connectivity index (χ3n) is 1.98. The first-order valence-corrected chi connectivity index (χ1v) is 4.47. The number of halogens is 1. The van der Waals surface area contributed by atoms with Crippen molar-refractivity contribution >= 4 is 5.69 Å². The maximum atomic E-state index is 12.9. The summed E-state index contributed by atoms with van der Waals surface area (Å²) in [4.78, 5) is 2.44. The van der Waals surface area contributed by atoms with E-state index < -0.39 is 18.0 Å². The molecule has 16 heavy (non-hydrogen) atoms. The van der Waals surface area contributed by atoms with Gasteiger partial charge in [-0.1, -0.05) is 5.11 Å². The van der Waals surface area contributed by atoms with Crippen LogP contribution in [0.3, 0.4) is 0 Å². The molecular weight excluding hydrogens is 215 g/mol. The Bertz CT molecular complexity index is 400. The van der Waals surface area contributed by atoms with E-state index in [1.54, 1.807) is 0 Å². The number of azide groups is 1. The molecule has 0 aliphatic rings. The van der Waals surface area contributed by atoms with Crippen molar-refractivity contribution in [3.05, 3.63) is 40.0 Å². The lowest BCUT2D eigenvalue weighted by Crippen LogP contribution is -2.21. The van der Waals surface area contributed by atoms with Gasteiger partial charge >= 0.3 is 0 Å². The fraction of sp³-hybridized carbons (Fsp3) is 0.333. The lowest BCUT2D eigenvalue weighted by molar-refractivity contribution is 0.0243. The van der Waals surface area contributed by atoms with Gasteiger partial charge in [-0.3, -0.25) is 0 Å². The van der Waals surface area contributed by atoms with Crippen LogP contribution in [0.1, 0.15) is 11.7 Å². The fourth-order valence-corrected chi connectivity index (χ4v) is 1.25. The molecule has 0 aliphatic heterocycles. The monoisotopic (exact) mass is 226 g/mol. The van der Waals surface area contributed by atoms with E-state index >= 15 is 0 Å². The van der Waals surface area contributed by atoms with Crippen LogP contribution in [0.4, 0.5) is 10.1 Å². The van der Waals surface area contributed by atoms with Gasteiger partial charge in [-0.05, 0) is 29.3 Å². The Labute approximate surface area is 90.8 Å². The fourth-order valence-electron chi connectivity index (χ4n) is 1.25. The van der Waals surface area contributed by atoms with Crippen molar-refractivity contribution in [3.8, 4) is 0 Å². The number of aliphatic hydroxyl groups is 2. The van der Waals surface area contributed by atoms with E-state index in [1.165, 1.54) is 6.07 Å². The molecule has 7 heteroatoms. The number of hydrogen-bond acceptors (Lipinski definition) is 4. The highest BCUT2D eigenvalue weighted by Gasteiger charge is 2.18. The maximum Gasteiger partial charge on any atom is 0.125 e. The minimum Gasteiger partial charge on any atom is -0.399 e. The van der Waals surface area contributed by atoms with Crippen LogP contribution in [0.15, 0.2) is 23.3 Å². The van der Waals surface area contributed by atoms with Crippen molar-refractivity contribution in [1.82, 2.24) is 0 Å². The van der Waals surface area contributed by atoms with Gasteiger partial charge in [-0.2, -0.15) is 0 Å². The average molecular weight is 226 g/mol. The van der Waals surface area contributed by atoms with E-state index in [2.05, 4.69) is 10.0 Å². The zero-order valence-corrected chi connectivity index (χ0v) is 8.29. The van der Waals surface area contributed by atoms with Crippen molar-refractivity contribution in [2.75, 3.05) is 12.3 Å². The molecule has 2 atom stereocenters. The minimum atomic E-state index is -1.34. The second-order valence-electron chi connectivity index (χ2n) is 3.24. The molecule has 1 rings (SSSR count). The Morgan fingerprint density at radius 1 is 1.44 bits per heavy atom. The Morgan fingerprint density at radius 3 is 2.69 bits per heavy atom. The van der Waals surface area contributed by atoms with Crippen LogP contribution < -0.4 is 5.73 Å². The number of anilines is 1. The summed E-state index contributed by atoms with van der Waals surface area (Å²) in [6, 6.07) is 3.49. The lowest BCUT2D eigenvalue weighted by Gasteiger charge is -2.16. The van der Waals surface area contributed by atoms with E-state index in [1.807, 2.05) is 0 Å². The number of rotatable bonds is 4. The smallest absolute Gasteiger partial charge is 0.125 e. The lowest BCUT2D eigenvalue weighted by atomic mass is 10.0. The molecule has 0 aromatic heterocycles. The number of benzene rings is 1. The number of hydrogen-bond donors (Lipinski definition) is 3. The second-order valence-corrected chi connectivity index (χ2v) is 3.24. The van der Waals surface area contributed by atoms with E-state index in [0.717, 1.165) is 12.1 Å². The zero-order valence-electron chi connectivity index (χ0n) is 8.29. The maximum absolute atomic E-state index is 12.9. The number of nitrogens with zero attached hydrogens (tertiary/aromatic N) is 3. The van der Waals surface area contributed by atoms with Crippen molar-refractivity contribution in [2.24, 2.45) is 5.11 Å². The molecule has 0 amide bonds. The quantitative estimate of drug-likeness (QED) is 0.309. The van der Waals surface area contributed by atoms with Gasteiger partial charge in [0.25, 0.3) is 0 Å². The van der Waals surface area contributed by atoms with Gasteiger partial charge < -0.3 is 15.9 Å². The summed E-state index contributed by atoms with van der Waals surface area (Å²) in [5.41, 5.74) is 13.7. The van der Waals surface area contributed by atoms with Crippen LogP contribution in [-0.4, -0.2) is 22.9 Å². The first-order valence-electron chi connectivity index (χ1n) is 4.47. The largest absolute Gasteiger partial charge is 0.399 e. The normalized spacial score (nSPS) is 13.9. The number of nitrogen functional groups attached to an aromatic ring is 1. The van der Waals surface area contributed by atoms with Gasteiger partial charge in [0.15, 0.2) is 0 Å². The molecule has 0 saturated heterocycles. The van der Waals surface area contributed by atoms with Gasteiger partial charge in [0.05, 0.1) is 12.6 Å². The van der Waals surface area contributed by atoms with Crippen molar-refractivity contribution in [2.45, 2.75) is 12.2 Å². The topological polar surface area (TPSA) is 115 Å². The summed E-state index contributed by atoms with van der Waals surface area (Å²) in [6.45, 7) is -0.298. The summed E-state index contributed by atoms with van der Waals surface area (Å²) in [5.74, 6) is -0.606. The average Bonchev–Trinajstić information content (AvgIpc) is 2.23. The molecule has 6 nitrogen and oxygen atoms in total. The van der Waals surface area contributed by atoms with E-state index in [9.17, 15) is 14.6 Å². The van der Waals surface area contributed by atoms with Gasteiger partial charge in [0, 0.05) is 10.6 Å². The Kier molecular flexibility index (Phi) is 4.07. The number of aliphatic hydroxyl groups excluding tert-OH is 2. The second kappa shape index (κ2) is 5.32. The summed E-state index contributed by atoms with van der Waals surface area (Å²) < 4.78 is 12.9. The highest BCUT2D eigenvalue weighted by atomic mass is 19.1. The summed E-state index contributed by atoms with van der Waals surface area (Å²) >= 11 is 0. The minimum absolute atomic E-state index is 0.137. The Hall–Kier alpha value is -1.82. The summed E-state index contributed by atoms with van der Waals surface area (Å²) in [7, 11) is 0. The zero-order chi connectivity index (χ0) is 12.1. The van der Waals surface area contributed by atoms with E-state index in [0.29, 0.717) is 0 Å². The first-order chi connectivity index (χ1) is 7.54. The van der Waals surface area contributed by atoms with Crippen LogP contribution in [0.5, 0.6) is 0 Å².